The van der Waals surface area contributed by atoms with Gasteiger partial charge in [0.25, 0.3) is 0 Å². The highest BCUT2D eigenvalue weighted by Gasteiger charge is 2.24. The topological polar surface area (TPSA) is 35.5 Å². The zero-order valence-electron chi connectivity index (χ0n) is 10.1. The molecule has 0 fully saturated rings. The van der Waals surface area contributed by atoms with Crippen molar-refractivity contribution in [1.29, 1.82) is 0 Å². The molecule has 86 valence electrons. The molecule has 0 aromatic heterocycles. The Kier molecular flexibility index (Phi) is 7.15. The van der Waals surface area contributed by atoms with Gasteiger partial charge in [-0.3, -0.25) is 0 Å². The lowest BCUT2D eigenvalue weighted by atomic mass is 10.0. The van der Waals surface area contributed by atoms with Crippen molar-refractivity contribution in [3.63, 3.8) is 0 Å². The van der Waals surface area contributed by atoms with E-state index in [1.165, 1.54) is 6.42 Å². The fraction of sp³-hybridized carbons (Fsp3) is 1.00. The van der Waals surface area contributed by atoms with E-state index in [1.807, 2.05) is 0 Å². The number of nitrogens with zero attached hydrogens (tertiary/aromatic N) is 1. The molecule has 1 atom stereocenters. The monoisotopic (exact) mass is 202 g/mol. The van der Waals surface area contributed by atoms with Crippen molar-refractivity contribution >= 4 is 0 Å². The summed E-state index contributed by atoms with van der Waals surface area (Å²) in [5.74, 6) is 0. The highest BCUT2D eigenvalue weighted by atomic mass is 16.3. The van der Waals surface area contributed by atoms with Crippen LogP contribution in [-0.2, 0) is 0 Å². The smallest absolute Gasteiger partial charge is 0.0623 e. The summed E-state index contributed by atoms with van der Waals surface area (Å²) in [6.45, 7) is 12.7. The minimum atomic E-state index is -0.153. The van der Waals surface area contributed by atoms with Gasteiger partial charge in [-0.05, 0) is 33.0 Å². The summed E-state index contributed by atoms with van der Waals surface area (Å²) < 4.78 is 0. The second kappa shape index (κ2) is 7.21. The largest absolute Gasteiger partial charge is 0.394 e. The fourth-order valence-corrected chi connectivity index (χ4v) is 1.75. The standard InChI is InChI=1S/C11H26N2O/c1-5-8-13(7-3)9-11(4,10-14)12-6-2/h12,14H,5-10H2,1-4H3. The molecule has 2 N–H and O–H groups in total. The molecule has 14 heavy (non-hydrogen) atoms. The summed E-state index contributed by atoms with van der Waals surface area (Å²) in [5, 5.41) is 12.7. The Bertz CT molecular complexity index is 141. The van der Waals surface area contributed by atoms with Gasteiger partial charge in [-0.1, -0.05) is 20.8 Å². The van der Waals surface area contributed by atoms with Gasteiger partial charge < -0.3 is 15.3 Å². The molecule has 0 heterocycles. The highest BCUT2D eigenvalue weighted by molar-refractivity contribution is 4.85. The van der Waals surface area contributed by atoms with Gasteiger partial charge in [-0.2, -0.15) is 0 Å². The third-order valence-electron chi connectivity index (χ3n) is 2.51. The number of aliphatic hydroxyl groups is 1. The summed E-state index contributed by atoms with van der Waals surface area (Å²) >= 11 is 0. The molecule has 0 spiro atoms. The van der Waals surface area contributed by atoms with E-state index < -0.39 is 0 Å². The first-order chi connectivity index (χ1) is 6.61. The lowest BCUT2D eigenvalue weighted by Gasteiger charge is -2.34. The van der Waals surface area contributed by atoms with Gasteiger partial charge in [-0.15, -0.1) is 0 Å². The highest BCUT2D eigenvalue weighted by Crippen LogP contribution is 2.06. The van der Waals surface area contributed by atoms with Gasteiger partial charge >= 0.3 is 0 Å². The van der Waals surface area contributed by atoms with Crippen LogP contribution in [0, 0.1) is 0 Å². The van der Waals surface area contributed by atoms with E-state index in [0.717, 1.165) is 26.2 Å². The molecule has 0 aliphatic carbocycles. The average molecular weight is 202 g/mol. The van der Waals surface area contributed by atoms with E-state index in [2.05, 4.69) is 37.9 Å². The number of nitrogens with one attached hydrogen (secondary N) is 1. The molecule has 0 aliphatic rings. The molecule has 0 aromatic carbocycles. The number of rotatable bonds is 8. The molecule has 0 aliphatic heterocycles. The summed E-state index contributed by atoms with van der Waals surface area (Å²) in [5.41, 5.74) is -0.153. The minimum Gasteiger partial charge on any atom is -0.394 e. The molecule has 1 unspecified atom stereocenters. The predicted molar refractivity (Wildman–Crippen MR) is 61.6 cm³/mol. The van der Waals surface area contributed by atoms with Crippen LogP contribution in [0.2, 0.25) is 0 Å². The molecule has 0 rings (SSSR count). The number of hydrogen-bond acceptors (Lipinski definition) is 3. The minimum absolute atomic E-state index is 0.153. The molecule has 0 radical (unpaired) electrons. The van der Waals surface area contributed by atoms with Crippen molar-refractivity contribution in [3.05, 3.63) is 0 Å². The lowest BCUT2D eigenvalue weighted by molar-refractivity contribution is 0.124. The Hall–Kier alpha value is -0.120. The van der Waals surface area contributed by atoms with E-state index in [-0.39, 0.29) is 12.1 Å². The van der Waals surface area contributed by atoms with E-state index >= 15 is 0 Å². The van der Waals surface area contributed by atoms with Gasteiger partial charge in [0.05, 0.1) is 12.1 Å². The Labute approximate surface area is 88.5 Å². The van der Waals surface area contributed by atoms with Gasteiger partial charge in [0.15, 0.2) is 0 Å². The van der Waals surface area contributed by atoms with Crippen LogP contribution in [0.4, 0.5) is 0 Å². The SMILES string of the molecule is CCCN(CC)CC(C)(CO)NCC. The Morgan fingerprint density at radius 1 is 1.29 bits per heavy atom. The maximum Gasteiger partial charge on any atom is 0.0623 e. The van der Waals surface area contributed by atoms with Crippen molar-refractivity contribution in [2.45, 2.75) is 39.7 Å². The van der Waals surface area contributed by atoms with Crippen LogP contribution >= 0.6 is 0 Å². The predicted octanol–water partition coefficient (Wildman–Crippen LogP) is 1.08. The van der Waals surface area contributed by atoms with Crippen molar-refractivity contribution < 1.29 is 5.11 Å². The number of likely N-dealkylation sites (N-methyl/N-ethyl adjacent to an activating group) is 2. The first kappa shape index (κ1) is 13.9. The molecular weight excluding hydrogens is 176 g/mol. The maximum absolute atomic E-state index is 9.34. The molecule has 0 saturated carbocycles. The van der Waals surface area contributed by atoms with Crippen molar-refractivity contribution in [1.82, 2.24) is 10.2 Å². The van der Waals surface area contributed by atoms with Crippen LogP contribution in [0.3, 0.4) is 0 Å². The maximum atomic E-state index is 9.34. The van der Waals surface area contributed by atoms with E-state index in [9.17, 15) is 5.11 Å². The van der Waals surface area contributed by atoms with Crippen molar-refractivity contribution in [2.24, 2.45) is 0 Å². The third-order valence-corrected chi connectivity index (χ3v) is 2.51. The summed E-state index contributed by atoms with van der Waals surface area (Å²) in [6, 6.07) is 0. The number of hydrogen-bond donors (Lipinski definition) is 2. The third kappa shape index (κ3) is 4.94. The summed E-state index contributed by atoms with van der Waals surface area (Å²) in [6.07, 6.45) is 1.17. The van der Waals surface area contributed by atoms with Gasteiger partial charge in [0.1, 0.15) is 0 Å². The molecule has 3 nitrogen and oxygen atoms in total. The molecule has 0 amide bonds. The van der Waals surface area contributed by atoms with Crippen molar-refractivity contribution in [2.75, 3.05) is 32.8 Å². The van der Waals surface area contributed by atoms with Gasteiger partial charge in [0.2, 0.25) is 0 Å². The van der Waals surface area contributed by atoms with Crippen LogP contribution in [-0.4, -0.2) is 48.3 Å². The molecule has 3 heteroatoms. The van der Waals surface area contributed by atoms with Crippen LogP contribution in [0.25, 0.3) is 0 Å². The van der Waals surface area contributed by atoms with E-state index in [0.29, 0.717) is 0 Å². The summed E-state index contributed by atoms with van der Waals surface area (Å²) in [4.78, 5) is 2.37. The zero-order valence-corrected chi connectivity index (χ0v) is 10.1. The Morgan fingerprint density at radius 2 is 1.93 bits per heavy atom. The molecule has 0 aromatic rings. The van der Waals surface area contributed by atoms with Gasteiger partial charge in [0, 0.05) is 6.54 Å². The number of aliphatic hydroxyl groups excluding tert-OH is 1. The molecular formula is C11H26N2O. The van der Waals surface area contributed by atoms with Crippen LogP contribution < -0.4 is 5.32 Å². The fourth-order valence-electron chi connectivity index (χ4n) is 1.75. The van der Waals surface area contributed by atoms with Crippen LogP contribution in [0.1, 0.15) is 34.1 Å². The second-order valence-corrected chi connectivity index (χ2v) is 4.12. The van der Waals surface area contributed by atoms with Crippen LogP contribution in [0.5, 0.6) is 0 Å². The zero-order chi connectivity index (χ0) is 11.0. The first-order valence-electron chi connectivity index (χ1n) is 5.70. The molecule has 0 saturated heterocycles. The van der Waals surface area contributed by atoms with E-state index in [4.69, 9.17) is 0 Å². The quantitative estimate of drug-likeness (QED) is 0.618. The Morgan fingerprint density at radius 3 is 2.29 bits per heavy atom. The second-order valence-electron chi connectivity index (χ2n) is 4.12. The average Bonchev–Trinajstić information content (AvgIpc) is 2.17. The Balaban J connectivity index is 4.11. The van der Waals surface area contributed by atoms with E-state index in [1.54, 1.807) is 0 Å². The first-order valence-corrected chi connectivity index (χ1v) is 5.70. The van der Waals surface area contributed by atoms with Crippen LogP contribution in [0.15, 0.2) is 0 Å². The molecule has 0 bridgehead atoms. The lowest BCUT2D eigenvalue weighted by Crippen LogP contribution is -2.54. The van der Waals surface area contributed by atoms with Crippen molar-refractivity contribution in [3.8, 4) is 0 Å². The normalized spacial score (nSPS) is 15.9. The van der Waals surface area contributed by atoms with Gasteiger partial charge in [-0.25, -0.2) is 0 Å². The summed E-state index contributed by atoms with van der Waals surface area (Å²) in [7, 11) is 0.